The maximum Gasteiger partial charge on any atom is 0.229 e. The highest BCUT2D eigenvalue weighted by Crippen LogP contribution is 2.33. The van der Waals surface area contributed by atoms with Crippen LogP contribution in [0.3, 0.4) is 0 Å². The van der Waals surface area contributed by atoms with Gasteiger partial charge in [0.15, 0.2) is 0 Å². The fourth-order valence-corrected chi connectivity index (χ4v) is 6.99. The third-order valence-electron chi connectivity index (χ3n) is 8.95. The van der Waals surface area contributed by atoms with Crippen LogP contribution in [-0.4, -0.2) is 99.2 Å². The van der Waals surface area contributed by atoms with Gasteiger partial charge in [-0.15, -0.1) is 0 Å². The lowest BCUT2D eigenvalue weighted by Gasteiger charge is -2.31. The Kier molecular flexibility index (Phi) is 9.71. The van der Waals surface area contributed by atoms with E-state index in [0.717, 1.165) is 69.6 Å². The summed E-state index contributed by atoms with van der Waals surface area (Å²) in [6.45, 7) is 7.04. The van der Waals surface area contributed by atoms with Gasteiger partial charge in [-0.2, -0.15) is 4.98 Å². The van der Waals surface area contributed by atoms with Gasteiger partial charge in [-0.1, -0.05) is 6.92 Å². The van der Waals surface area contributed by atoms with E-state index >= 15 is 0 Å². The first-order valence-electron chi connectivity index (χ1n) is 16.0. The molecule has 1 aliphatic carbocycles. The van der Waals surface area contributed by atoms with E-state index in [1.165, 1.54) is 19.0 Å². The highest BCUT2D eigenvalue weighted by molar-refractivity contribution is 7.92. The molecule has 244 valence electrons. The van der Waals surface area contributed by atoms with Crippen LogP contribution in [0.1, 0.15) is 45.4 Å². The molecule has 6 rings (SSSR count). The Hall–Kier alpha value is -3.49. The second-order valence-corrected chi connectivity index (χ2v) is 14.4. The molecule has 3 aromatic rings. The number of fused-ring (bicyclic) bond motifs is 1. The summed E-state index contributed by atoms with van der Waals surface area (Å²) in [6, 6.07) is 4.40. The number of hydrogen-bond donors (Lipinski definition) is 3. The van der Waals surface area contributed by atoms with E-state index in [1.807, 2.05) is 25.5 Å². The summed E-state index contributed by atoms with van der Waals surface area (Å²) in [7, 11) is -1.42. The largest absolute Gasteiger partial charge is 0.474 e. The van der Waals surface area contributed by atoms with Crippen LogP contribution in [0.4, 0.5) is 23.1 Å². The quantitative estimate of drug-likeness (QED) is 0.316. The molecule has 0 radical (unpaired) electrons. The number of nitrogens with zero attached hydrogens (tertiary/aromatic N) is 6. The highest BCUT2D eigenvalue weighted by Gasteiger charge is 2.26. The van der Waals surface area contributed by atoms with Crippen molar-refractivity contribution in [1.29, 1.82) is 0 Å². The van der Waals surface area contributed by atoms with Crippen LogP contribution < -0.4 is 29.9 Å². The monoisotopic (exact) mass is 639 g/mol. The Morgan fingerprint density at radius 3 is 2.36 bits per heavy atom. The van der Waals surface area contributed by atoms with Gasteiger partial charge < -0.3 is 29.9 Å². The van der Waals surface area contributed by atoms with Crippen molar-refractivity contribution in [3.63, 3.8) is 0 Å². The predicted molar refractivity (Wildman–Crippen MR) is 177 cm³/mol. The molecule has 0 bridgehead atoms. The van der Waals surface area contributed by atoms with Crippen molar-refractivity contribution >= 4 is 44.1 Å². The van der Waals surface area contributed by atoms with E-state index in [-0.39, 0.29) is 12.1 Å². The van der Waals surface area contributed by atoms with Crippen molar-refractivity contribution in [2.24, 2.45) is 5.92 Å². The molecule has 0 aromatic carbocycles. The van der Waals surface area contributed by atoms with Gasteiger partial charge in [-0.25, -0.2) is 18.4 Å². The average Bonchev–Trinajstić information content (AvgIpc) is 3.23. The number of rotatable bonds is 9. The van der Waals surface area contributed by atoms with E-state index in [0.29, 0.717) is 53.6 Å². The molecule has 1 saturated carbocycles. The Morgan fingerprint density at radius 1 is 0.911 bits per heavy atom. The van der Waals surface area contributed by atoms with Gasteiger partial charge in [-0.3, -0.25) is 9.71 Å². The molecule has 3 fully saturated rings. The molecule has 2 saturated heterocycles. The van der Waals surface area contributed by atoms with Crippen LogP contribution in [0.15, 0.2) is 30.7 Å². The number of pyridine rings is 2. The maximum atomic E-state index is 11.9. The topological polar surface area (TPSA) is 147 Å². The van der Waals surface area contributed by atoms with Gasteiger partial charge in [0.2, 0.25) is 21.9 Å². The SMILES string of the molecule is CNC1CCC(C)CN(c2cnc(NC3CCC(Oc4nc(N5CCOCC5)cc5ncc(NS(C)(=O)=O)cc45)CC3)nc2)C1. The zero-order valence-corrected chi connectivity index (χ0v) is 27.2. The summed E-state index contributed by atoms with van der Waals surface area (Å²) in [5.41, 5.74) is 2.14. The highest BCUT2D eigenvalue weighted by atomic mass is 32.2. The van der Waals surface area contributed by atoms with Crippen molar-refractivity contribution in [1.82, 2.24) is 25.3 Å². The molecule has 3 aliphatic rings. The van der Waals surface area contributed by atoms with Gasteiger partial charge in [-0.05, 0) is 57.6 Å². The van der Waals surface area contributed by atoms with Crippen LogP contribution in [0, 0.1) is 5.92 Å². The molecule has 2 aliphatic heterocycles. The van der Waals surface area contributed by atoms with Crippen LogP contribution >= 0.6 is 0 Å². The fraction of sp³-hybridized carbons (Fsp3) is 0.613. The number of ether oxygens (including phenoxy) is 2. The van der Waals surface area contributed by atoms with Gasteiger partial charge in [0.05, 0.1) is 60.3 Å². The number of nitrogens with one attached hydrogen (secondary N) is 3. The van der Waals surface area contributed by atoms with E-state index in [1.54, 1.807) is 6.07 Å². The number of morpholine rings is 1. The lowest BCUT2D eigenvalue weighted by atomic mass is 9.93. The molecule has 14 heteroatoms. The summed E-state index contributed by atoms with van der Waals surface area (Å²) in [6.07, 6.45) is 12.4. The summed E-state index contributed by atoms with van der Waals surface area (Å²) >= 11 is 0. The second kappa shape index (κ2) is 13.9. The van der Waals surface area contributed by atoms with Crippen molar-refractivity contribution in [3.05, 3.63) is 30.7 Å². The van der Waals surface area contributed by atoms with Gasteiger partial charge >= 0.3 is 0 Å². The van der Waals surface area contributed by atoms with Crippen LogP contribution in [0.2, 0.25) is 0 Å². The first kappa shape index (κ1) is 31.5. The van der Waals surface area contributed by atoms with Crippen molar-refractivity contribution < 1.29 is 17.9 Å². The second-order valence-electron chi connectivity index (χ2n) is 12.6. The van der Waals surface area contributed by atoms with Crippen LogP contribution in [0.5, 0.6) is 5.88 Å². The lowest BCUT2D eigenvalue weighted by molar-refractivity contribution is 0.122. The number of hydrogen-bond acceptors (Lipinski definition) is 12. The molecular formula is C31H45N9O4S. The van der Waals surface area contributed by atoms with Crippen molar-refractivity contribution in [3.8, 4) is 5.88 Å². The first-order valence-corrected chi connectivity index (χ1v) is 17.9. The zero-order chi connectivity index (χ0) is 31.4. The van der Waals surface area contributed by atoms with E-state index < -0.39 is 10.0 Å². The molecule has 2 atom stereocenters. The zero-order valence-electron chi connectivity index (χ0n) is 26.4. The third kappa shape index (κ3) is 8.22. The van der Waals surface area contributed by atoms with Gasteiger partial charge in [0, 0.05) is 44.3 Å². The predicted octanol–water partition coefficient (Wildman–Crippen LogP) is 3.25. The first-order chi connectivity index (χ1) is 21.7. The Bertz CT molecular complexity index is 1540. The van der Waals surface area contributed by atoms with Crippen LogP contribution in [-0.2, 0) is 14.8 Å². The van der Waals surface area contributed by atoms with Crippen molar-refractivity contribution in [2.75, 3.05) is 72.5 Å². The van der Waals surface area contributed by atoms with Crippen molar-refractivity contribution in [2.45, 2.75) is 63.6 Å². The van der Waals surface area contributed by atoms with Gasteiger partial charge in [0.25, 0.3) is 0 Å². The average molecular weight is 640 g/mol. The number of aromatic nitrogens is 4. The van der Waals surface area contributed by atoms with E-state index in [2.05, 4.69) is 47.0 Å². The third-order valence-corrected chi connectivity index (χ3v) is 9.55. The molecule has 2 unspecified atom stereocenters. The summed E-state index contributed by atoms with van der Waals surface area (Å²) < 4.78 is 38.3. The standard InChI is InChI=1S/C31H45N9O4S/c1-21-4-5-23(32-2)20-40(19-21)25-17-34-31(35-18-25)36-22-6-8-26(9-7-22)44-30-27-14-24(38-45(3,41)42)16-33-28(27)15-29(37-30)39-10-12-43-13-11-39/h14-18,21-23,26,32,38H,4-13,19-20H2,1-3H3,(H,34,35,36). The Labute approximate surface area is 265 Å². The minimum absolute atomic E-state index is 0.0290. The lowest BCUT2D eigenvalue weighted by Crippen LogP contribution is -2.38. The Balaban J connectivity index is 1.11. The molecule has 0 amide bonds. The molecule has 5 heterocycles. The minimum Gasteiger partial charge on any atom is -0.474 e. The van der Waals surface area contributed by atoms with E-state index in [9.17, 15) is 8.42 Å². The number of sulfonamides is 1. The molecular weight excluding hydrogens is 594 g/mol. The van der Waals surface area contributed by atoms with Gasteiger partial charge in [0.1, 0.15) is 11.9 Å². The maximum absolute atomic E-state index is 11.9. The molecule has 3 aromatic heterocycles. The normalized spacial score (nSPS) is 24.7. The molecule has 3 N–H and O–H groups in total. The smallest absolute Gasteiger partial charge is 0.229 e. The molecule has 13 nitrogen and oxygen atoms in total. The van der Waals surface area contributed by atoms with E-state index in [4.69, 9.17) is 14.5 Å². The minimum atomic E-state index is -3.45. The number of anilines is 4. The fourth-order valence-electron chi connectivity index (χ4n) is 6.45. The Morgan fingerprint density at radius 2 is 1.64 bits per heavy atom. The summed E-state index contributed by atoms with van der Waals surface area (Å²) in [5, 5.41) is 7.65. The number of likely N-dealkylation sites (N-methyl/N-ethyl adjacent to an activating group) is 1. The molecule has 0 spiro atoms. The van der Waals surface area contributed by atoms with Crippen LogP contribution in [0.25, 0.3) is 10.9 Å². The summed E-state index contributed by atoms with van der Waals surface area (Å²) in [4.78, 5) is 23.3. The summed E-state index contributed by atoms with van der Waals surface area (Å²) in [5.74, 6) is 2.54. The molecule has 45 heavy (non-hydrogen) atoms.